The Morgan fingerprint density at radius 2 is 1.42 bits per heavy atom. The van der Waals surface area contributed by atoms with Gasteiger partial charge < -0.3 is 20.1 Å². The maximum atomic E-state index is 14.6. The van der Waals surface area contributed by atoms with Gasteiger partial charge in [0.25, 0.3) is 11.8 Å². The van der Waals surface area contributed by atoms with Gasteiger partial charge in [-0.15, -0.1) is 0 Å². The number of anilines is 2. The van der Waals surface area contributed by atoms with Crippen molar-refractivity contribution < 1.29 is 58.6 Å². The van der Waals surface area contributed by atoms with Crippen LogP contribution in [-0.4, -0.2) is 37.9 Å². The van der Waals surface area contributed by atoms with E-state index in [1.165, 1.54) is 24.3 Å². The third-order valence-corrected chi connectivity index (χ3v) is 6.38. The Bertz CT molecular complexity index is 1530. The lowest BCUT2D eigenvalue weighted by Crippen LogP contribution is -2.50. The largest absolute Gasteiger partial charge is 0.494 e. The number of aryl methyl sites for hydroxylation is 1. The van der Waals surface area contributed by atoms with E-state index in [4.69, 9.17) is 27.9 Å². The predicted octanol–water partition coefficient (Wildman–Crippen LogP) is 8.71. The third kappa shape index (κ3) is 6.88. The van der Waals surface area contributed by atoms with E-state index in [1.54, 1.807) is 13.0 Å². The summed E-state index contributed by atoms with van der Waals surface area (Å²) < 4.78 is 130. The summed E-state index contributed by atoms with van der Waals surface area (Å²) in [4.78, 5) is 25.9. The molecule has 0 aliphatic rings. The number of hydrogen-bond acceptors (Lipinski definition) is 4. The van der Waals surface area contributed by atoms with Crippen molar-refractivity contribution in [2.45, 2.75) is 31.6 Å². The van der Waals surface area contributed by atoms with Crippen LogP contribution in [0, 0.1) is 6.92 Å². The molecule has 0 radical (unpaired) electrons. The number of hydrogen-bond donors (Lipinski definition) is 2. The normalized spacial score (nSPS) is 12.2. The minimum Gasteiger partial charge on any atom is -0.494 e. The maximum absolute atomic E-state index is 14.6. The molecule has 0 aliphatic heterocycles. The fraction of sp³-hybridized carbons (Fsp3) is 0.231. The fourth-order valence-corrected chi connectivity index (χ4v) is 4.37. The second-order valence-electron chi connectivity index (χ2n) is 8.64. The number of carbonyl (C=O) groups excluding carboxylic acids is 2. The summed E-state index contributed by atoms with van der Waals surface area (Å²) in [6.07, 6.45) is -13.2. The van der Waals surface area contributed by atoms with Crippen molar-refractivity contribution in [2.75, 3.05) is 17.7 Å². The number of nitrogens with one attached hydrogen (secondary N) is 2. The van der Waals surface area contributed by atoms with Crippen molar-refractivity contribution in [1.29, 1.82) is 0 Å². The molecule has 2 amide bonds. The Morgan fingerprint density at radius 3 is 1.95 bits per heavy atom. The monoisotopic (exact) mass is 662 g/mol. The fourth-order valence-electron chi connectivity index (χ4n) is 3.79. The van der Waals surface area contributed by atoms with Crippen LogP contribution >= 0.6 is 23.2 Å². The zero-order valence-electron chi connectivity index (χ0n) is 21.5. The molecular weight excluding hydrogens is 646 g/mol. The van der Waals surface area contributed by atoms with Gasteiger partial charge in [0.15, 0.2) is 11.5 Å². The minimum absolute atomic E-state index is 0.0477. The Hall–Kier alpha value is -3.85. The molecule has 3 rings (SSSR count). The lowest BCUT2D eigenvalue weighted by atomic mass is 9.93. The predicted molar refractivity (Wildman–Crippen MR) is 138 cm³/mol. The zero-order chi connectivity index (χ0) is 32.5. The molecular formula is C26H17Cl2F9N2O4. The summed E-state index contributed by atoms with van der Waals surface area (Å²) in [5.74, 6) is -3.80. The van der Waals surface area contributed by atoms with E-state index in [9.17, 15) is 49.1 Å². The maximum Gasteiger partial charge on any atom is 0.435 e. The third-order valence-electron chi connectivity index (χ3n) is 5.77. The van der Waals surface area contributed by atoms with E-state index in [0.717, 1.165) is 18.7 Å². The quantitative estimate of drug-likeness (QED) is 0.237. The number of halogens is 11. The van der Waals surface area contributed by atoms with E-state index < -0.39 is 64.0 Å². The summed E-state index contributed by atoms with van der Waals surface area (Å²) in [6.45, 7) is -2.12. The molecule has 6 nitrogen and oxygen atoms in total. The summed E-state index contributed by atoms with van der Waals surface area (Å²) in [5, 5.41) is 3.28. The average Bonchev–Trinajstić information content (AvgIpc) is 2.87. The first kappa shape index (κ1) is 33.6. The minimum atomic E-state index is -6.59. The molecule has 0 aromatic heterocycles. The van der Waals surface area contributed by atoms with Crippen LogP contribution in [0.15, 0.2) is 48.5 Å². The molecule has 0 spiro atoms. The molecule has 3 aromatic carbocycles. The van der Waals surface area contributed by atoms with Gasteiger partial charge in [0.1, 0.15) is 5.69 Å². The lowest BCUT2D eigenvalue weighted by Gasteiger charge is -2.31. The van der Waals surface area contributed by atoms with Gasteiger partial charge in [0.2, 0.25) is 0 Å². The SMILES string of the molecule is COc1c(NC(=O)c2ccc(C)cc2Cl)cccc1C(=O)Nc1c(Cl)cc(C(F)(C(F)(F)F)C(F)(F)F)cc1OC(F)F. The van der Waals surface area contributed by atoms with E-state index in [-0.39, 0.29) is 34.2 Å². The number of benzene rings is 3. The van der Waals surface area contributed by atoms with Crippen molar-refractivity contribution in [3.63, 3.8) is 0 Å². The molecule has 0 heterocycles. The van der Waals surface area contributed by atoms with Crippen molar-refractivity contribution in [1.82, 2.24) is 0 Å². The van der Waals surface area contributed by atoms with Crippen LogP contribution < -0.4 is 20.1 Å². The Kier molecular flexibility index (Phi) is 9.71. The summed E-state index contributed by atoms with van der Waals surface area (Å²) >= 11 is 11.9. The van der Waals surface area contributed by atoms with Crippen LogP contribution in [0.25, 0.3) is 0 Å². The van der Waals surface area contributed by atoms with Crippen LogP contribution in [0.4, 0.5) is 50.9 Å². The Balaban J connectivity index is 2.05. The highest BCUT2D eigenvalue weighted by Gasteiger charge is 2.73. The molecule has 3 aromatic rings. The average molecular weight is 663 g/mol. The second-order valence-corrected chi connectivity index (χ2v) is 9.46. The van der Waals surface area contributed by atoms with Crippen LogP contribution in [0.3, 0.4) is 0 Å². The number of para-hydroxylation sites is 1. The van der Waals surface area contributed by atoms with Crippen LogP contribution in [0.1, 0.15) is 31.8 Å². The Morgan fingerprint density at radius 1 is 0.814 bits per heavy atom. The zero-order valence-corrected chi connectivity index (χ0v) is 23.0. The van der Waals surface area contributed by atoms with Crippen molar-refractivity contribution in [3.8, 4) is 11.5 Å². The van der Waals surface area contributed by atoms with Gasteiger partial charge in [-0.25, -0.2) is 4.39 Å². The van der Waals surface area contributed by atoms with Gasteiger partial charge in [-0.3, -0.25) is 9.59 Å². The molecule has 2 N–H and O–H groups in total. The number of amides is 2. The first-order chi connectivity index (χ1) is 19.8. The standard InChI is InChI=1S/C26H17Cl2F9N2O4/c1-11-6-7-13(15(27)8-11)21(40)38-17-5-3-4-14(20(17)42-2)22(41)39-19-16(28)9-12(10-18(19)43-23(29)30)24(31,25(32,33)34)26(35,36)37/h3-10,23H,1-2H3,(H,38,40)(H,39,41). The van der Waals surface area contributed by atoms with Gasteiger partial charge >= 0.3 is 24.6 Å². The molecule has 17 heteroatoms. The first-order valence-electron chi connectivity index (χ1n) is 11.5. The topological polar surface area (TPSA) is 76.7 Å². The summed E-state index contributed by atoms with van der Waals surface area (Å²) in [6, 6.07) is 7.75. The van der Waals surface area contributed by atoms with Crippen LogP contribution in [-0.2, 0) is 5.67 Å². The lowest BCUT2D eigenvalue weighted by molar-refractivity contribution is -0.348. The van der Waals surface area contributed by atoms with E-state index in [1.807, 2.05) is 5.32 Å². The highest BCUT2D eigenvalue weighted by Crippen LogP contribution is 2.55. The van der Waals surface area contributed by atoms with E-state index >= 15 is 0 Å². The second kappa shape index (κ2) is 12.4. The molecule has 0 unspecified atom stereocenters. The number of methoxy groups -OCH3 is 1. The van der Waals surface area contributed by atoms with Gasteiger partial charge in [-0.1, -0.05) is 35.3 Å². The molecule has 0 bridgehead atoms. The number of ether oxygens (including phenoxy) is 2. The summed E-state index contributed by atoms with van der Waals surface area (Å²) in [7, 11) is 1.09. The van der Waals surface area contributed by atoms with Crippen molar-refractivity contribution in [2.24, 2.45) is 0 Å². The number of alkyl halides is 9. The van der Waals surface area contributed by atoms with Crippen molar-refractivity contribution >= 4 is 46.4 Å². The van der Waals surface area contributed by atoms with Gasteiger partial charge in [-0.05, 0) is 48.9 Å². The molecule has 0 atom stereocenters. The summed E-state index contributed by atoms with van der Waals surface area (Å²) in [5.41, 5.74) is -9.00. The first-order valence-corrected chi connectivity index (χ1v) is 12.2. The molecule has 232 valence electrons. The highest BCUT2D eigenvalue weighted by molar-refractivity contribution is 6.35. The Labute approximate surface area is 246 Å². The van der Waals surface area contributed by atoms with E-state index in [2.05, 4.69) is 10.1 Å². The van der Waals surface area contributed by atoms with Gasteiger partial charge in [-0.2, -0.15) is 35.1 Å². The van der Waals surface area contributed by atoms with Crippen LogP contribution in [0.2, 0.25) is 10.0 Å². The highest BCUT2D eigenvalue weighted by atomic mass is 35.5. The number of rotatable bonds is 8. The van der Waals surface area contributed by atoms with Crippen LogP contribution in [0.5, 0.6) is 11.5 Å². The number of carbonyl (C=O) groups is 2. The molecule has 43 heavy (non-hydrogen) atoms. The molecule has 0 saturated carbocycles. The molecule has 0 saturated heterocycles. The molecule has 0 aliphatic carbocycles. The smallest absolute Gasteiger partial charge is 0.435 e. The van der Waals surface area contributed by atoms with Gasteiger partial charge in [0.05, 0.1) is 34.0 Å². The van der Waals surface area contributed by atoms with E-state index in [0.29, 0.717) is 0 Å². The molecule has 0 fully saturated rings. The van der Waals surface area contributed by atoms with Crippen molar-refractivity contribution in [3.05, 3.63) is 80.8 Å². The van der Waals surface area contributed by atoms with Gasteiger partial charge in [0, 0.05) is 5.56 Å².